The van der Waals surface area contributed by atoms with Crippen LogP contribution in [0.2, 0.25) is 0 Å². The van der Waals surface area contributed by atoms with Crippen molar-refractivity contribution in [3.63, 3.8) is 0 Å². The molecule has 1 amide bonds. The molecular formula is C17H12N6O8. The van der Waals surface area contributed by atoms with Gasteiger partial charge in [0.25, 0.3) is 11.6 Å². The fourth-order valence-corrected chi connectivity index (χ4v) is 2.54. The van der Waals surface area contributed by atoms with Crippen LogP contribution in [0.1, 0.15) is 0 Å². The number of nitrogens with one attached hydrogen (secondary N) is 1. The molecule has 1 heterocycles. The van der Waals surface area contributed by atoms with Gasteiger partial charge in [0.1, 0.15) is 11.5 Å². The molecule has 0 aliphatic heterocycles. The van der Waals surface area contributed by atoms with Crippen molar-refractivity contribution in [1.29, 1.82) is 0 Å². The average Bonchev–Trinajstić information content (AvgIpc) is 3.12. The van der Waals surface area contributed by atoms with Crippen molar-refractivity contribution in [3.8, 4) is 11.5 Å². The van der Waals surface area contributed by atoms with E-state index in [1.54, 1.807) is 30.3 Å². The van der Waals surface area contributed by atoms with E-state index in [-0.39, 0.29) is 17.1 Å². The van der Waals surface area contributed by atoms with Crippen molar-refractivity contribution in [2.75, 3.05) is 5.32 Å². The number of nitrogens with zero attached hydrogens (tertiary/aromatic N) is 5. The van der Waals surface area contributed by atoms with Crippen LogP contribution in [0.15, 0.2) is 54.7 Å². The molecule has 1 N–H and O–H groups in total. The SMILES string of the molecule is O=C(Cn1cc([N+](=O)[O-])nc1[N+](=O)[O-])Nc1cc(Oc2ccccc2)cc([N+](=O)[O-])c1. The number of nitro benzene ring substituents is 1. The number of non-ortho nitro benzene ring substituents is 1. The van der Waals surface area contributed by atoms with Crippen molar-refractivity contribution in [2.24, 2.45) is 0 Å². The van der Waals surface area contributed by atoms with E-state index in [2.05, 4.69) is 10.3 Å². The third kappa shape index (κ3) is 5.14. The molecule has 0 saturated heterocycles. The van der Waals surface area contributed by atoms with E-state index < -0.39 is 39.0 Å². The van der Waals surface area contributed by atoms with E-state index in [1.807, 2.05) is 0 Å². The fraction of sp³-hybridized carbons (Fsp3) is 0.0588. The predicted molar refractivity (Wildman–Crippen MR) is 104 cm³/mol. The molecule has 0 bridgehead atoms. The first-order valence-electron chi connectivity index (χ1n) is 8.41. The van der Waals surface area contributed by atoms with Crippen LogP contribution < -0.4 is 10.1 Å². The minimum atomic E-state index is -0.973. The van der Waals surface area contributed by atoms with Gasteiger partial charge < -0.3 is 30.3 Å². The van der Waals surface area contributed by atoms with Gasteiger partial charge in [-0.05, 0) is 27.0 Å². The van der Waals surface area contributed by atoms with Gasteiger partial charge in [0.2, 0.25) is 0 Å². The second-order valence-corrected chi connectivity index (χ2v) is 5.98. The Kier molecular flexibility index (Phi) is 5.81. The fourth-order valence-electron chi connectivity index (χ4n) is 2.54. The van der Waals surface area contributed by atoms with Gasteiger partial charge in [-0.25, -0.2) is 4.57 Å². The lowest BCUT2D eigenvalue weighted by atomic mass is 10.2. The minimum Gasteiger partial charge on any atom is -0.457 e. The van der Waals surface area contributed by atoms with E-state index in [0.717, 1.165) is 18.3 Å². The molecule has 3 aromatic rings. The van der Waals surface area contributed by atoms with Gasteiger partial charge in [-0.15, -0.1) is 0 Å². The zero-order valence-corrected chi connectivity index (χ0v) is 15.4. The van der Waals surface area contributed by atoms with E-state index in [4.69, 9.17) is 4.74 Å². The van der Waals surface area contributed by atoms with Crippen LogP contribution in [0, 0.1) is 30.3 Å². The van der Waals surface area contributed by atoms with Gasteiger partial charge in [-0.2, -0.15) is 0 Å². The van der Waals surface area contributed by atoms with Crippen molar-refractivity contribution in [2.45, 2.75) is 6.54 Å². The van der Waals surface area contributed by atoms with E-state index in [9.17, 15) is 35.1 Å². The van der Waals surface area contributed by atoms with E-state index >= 15 is 0 Å². The number of carbonyl (C=O) groups is 1. The number of imidazole rings is 1. The molecular weight excluding hydrogens is 416 g/mol. The maximum atomic E-state index is 12.3. The van der Waals surface area contributed by atoms with Gasteiger partial charge in [-0.3, -0.25) is 14.9 Å². The Labute approximate surface area is 172 Å². The molecule has 1 aromatic heterocycles. The molecule has 158 valence electrons. The van der Waals surface area contributed by atoms with E-state index in [0.29, 0.717) is 10.3 Å². The number of aromatic nitrogens is 2. The van der Waals surface area contributed by atoms with Gasteiger partial charge in [0.05, 0.1) is 16.7 Å². The quantitative estimate of drug-likeness (QED) is 0.415. The lowest BCUT2D eigenvalue weighted by Crippen LogP contribution is -2.19. The number of para-hydroxylation sites is 1. The lowest BCUT2D eigenvalue weighted by molar-refractivity contribution is -0.403. The maximum Gasteiger partial charge on any atom is 0.439 e. The van der Waals surface area contributed by atoms with Crippen molar-refractivity contribution in [1.82, 2.24) is 9.55 Å². The summed E-state index contributed by atoms with van der Waals surface area (Å²) in [6.45, 7) is -0.686. The van der Waals surface area contributed by atoms with Crippen LogP contribution in [0.5, 0.6) is 11.5 Å². The Bertz CT molecular complexity index is 1180. The molecule has 0 spiro atoms. The number of benzene rings is 2. The molecule has 14 heteroatoms. The van der Waals surface area contributed by atoms with Crippen molar-refractivity contribution in [3.05, 3.63) is 85.1 Å². The molecule has 0 aliphatic rings. The molecule has 0 radical (unpaired) electrons. The first-order valence-corrected chi connectivity index (χ1v) is 8.41. The van der Waals surface area contributed by atoms with Crippen LogP contribution in [0.3, 0.4) is 0 Å². The molecule has 3 rings (SSSR count). The molecule has 14 nitrogen and oxygen atoms in total. The summed E-state index contributed by atoms with van der Waals surface area (Å²) in [5, 5.41) is 35.4. The summed E-state index contributed by atoms with van der Waals surface area (Å²) in [4.78, 5) is 46.0. The zero-order valence-electron chi connectivity index (χ0n) is 15.4. The zero-order chi connectivity index (χ0) is 22.5. The number of rotatable bonds is 8. The van der Waals surface area contributed by atoms with Crippen molar-refractivity contribution >= 4 is 29.0 Å². The van der Waals surface area contributed by atoms with E-state index in [1.165, 1.54) is 6.07 Å². The number of hydrogen-bond donors (Lipinski definition) is 1. The Morgan fingerprint density at radius 2 is 1.68 bits per heavy atom. The topological polar surface area (TPSA) is 186 Å². The summed E-state index contributed by atoms with van der Waals surface area (Å²) in [7, 11) is 0. The molecule has 0 saturated carbocycles. The smallest absolute Gasteiger partial charge is 0.439 e. The predicted octanol–water partition coefficient (Wildman–Crippen LogP) is 3.04. The molecule has 0 unspecified atom stereocenters. The summed E-state index contributed by atoms with van der Waals surface area (Å²) >= 11 is 0. The second-order valence-electron chi connectivity index (χ2n) is 5.98. The van der Waals surface area contributed by atoms with Crippen LogP contribution in [-0.2, 0) is 11.3 Å². The summed E-state index contributed by atoms with van der Waals surface area (Å²) < 4.78 is 6.24. The number of nitro groups is 3. The first kappa shape index (κ1) is 20.8. The third-order valence-corrected chi connectivity index (χ3v) is 3.77. The number of anilines is 1. The maximum absolute atomic E-state index is 12.3. The van der Waals surface area contributed by atoms with Gasteiger partial charge in [0.15, 0.2) is 12.7 Å². The summed E-state index contributed by atoms with van der Waals surface area (Å²) in [6.07, 6.45) is 0.745. The Balaban J connectivity index is 1.83. The van der Waals surface area contributed by atoms with Crippen molar-refractivity contribution < 1.29 is 24.3 Å². The third-order valence-electron chi connectivity index (χ3n) is 3.77. The summed E-state index contributed by atoms with van der Waals surface area (Å²) in [5.74, 6) is -2.05. The Morgan fingerprint density at radius 1 is 0.968 bits per heavy atom. The van der Waals surface area contributed by atoms with Crippen LogP contribution in [0.4, 0.5) is 23.1 Å². The van der Waals surface area contributed by atoms with Gasteiger partial charge in [-0.1, -0.05) is 18.2 Å². The van der Waals surface area contributed by atoms with Crippen LogP contribution >= 0.6 is 0 Å². The molecule has 0 atom stereocenters. The number of carbonyl (C=O) groups excluding carboxylic acids is 1. The average molecular weight is 428 g/mol. The highest BCUT2D eigenvalue weighted by Gasteiger charge is 2.25. The number of ether oxygens (including phenoxy) is 1. The first-order chi connectivity index (χ1) is 14.7. The summed E-state index contributed by atoms with van der Waals surface area (Å²) in [5.41, 5.74) is -0.379. The van der Waals surface area contributed by atoms with Crippen LogP contribution in [0.25, 0.3) is 0 Å². The molecule has 31 heavy (non-hydrogen) atoms. The Morgan fingerprint density at radius 3 is 2.29 bits per heavy atom. The van der Waals surface area contributed by atoms with Gasteiger partial charge >= 0.3 is 11.8 Å². The standard InChI is InChI=1S/C17H12N6O8/c24-16(10-20-9-15(22(27)28)19-17(20)23(29)30)18-11-6-12(21(25)26)8-14(7-11)31-13-4-2-1-3-5-13/h1-9H,10H2,(H,18,24). The Hall–Kier alpha value is -4.88. The monoisotopic (exact) mass is 428 g/mol. The number of amides is 1. The highest BCUT2D eigenvalue weighted by atomic mass is 16.6. The summed E-state index contributed by atoms with van der Waals surface area (Å²) in [6, 6.07) is 12.0. The highest BCUT2D eigenvalue weighted by molar-refractivity contribution is 5.91. The highest BCUT2D eigenvalue weighted by Crippen LogP contribution is 2.29. The normalized spacial score (nSPS) is 10.3. The molecule has 2 aromatic carbocycles. The molecule has 0 fully saturated rings. The number of hydrogen-bond acceptors (Lipinski definition) is 9. The second kappa shape index (κ2) is 8.64. The molecule has 0 aliphatic carbocycles. The largest absolute Gasteiger partial charge is 0.457 e. The van der Waals surface area contributed by atoms with Gasteiger partial charge in [0, 0.05) is 12.1 Å². The van der Waals surface area contributed by atoms with Crippen LogP contribution in [-0.4, -0.2) is 30.2 Å². The lowest BCUT2D eigenvalue weighted by Gasteiger charge is -2.09. The minimum absolute atomic E-state index is 0.0117.